The van der Waals surface area contributed by atoms with E-state index in [1.54, 1.807) is 11.9 Å². The van der Waals surface area contributed by atoms with E-state index >= 15 is 0 Å². The van der Waals surface area contributed by atoms with Crippen molar-refractivity contribution in [3.63, 3.8) is 0 Å². The molecule has 1 aliphatic heterocycles. The number of rotatable bonds is 5. The molecule has 0 aliphatic carbocycles. The van der Waals surface area contributed by atoms with Gasteiger partial charge in [0, 0.05) is 25.0 Å². The first-order chi connectivity index (χ1) is 11.6. The van der Waals surface area contributed by atoms with Gasteiger partial charge in [0.05, 0.1) is 11.1 Å². The maximum Gasteiger partial charge on any atom is 0.251 e. The zero-order valence-electron chi connectivity index (χ0n) is 13.5. The number of piperidine rings is 1. The van der Waals surface area contributed by atoms with Crippen LogP contribution in [0, 0.1) is 11.7 Å². The number of carbonyl (C=O) groups is 1. The summed E-state index contributed by atoms with van der Waals surface area (Å²) < 4.78 is 17.5. The van der Waals surface area contributed by atoms with Crippen molar-refractivity contribution in [2.45, 2.75) is 12.8 Å². The Bertz CT molecular complexity index is 757. The monoisotopic (exact) mass is 349 g/mol. The third-order valence-corrected chi connectivity index (χ3v) is 4.76. The summed E-state index contributed by atoms with van der Waals surface area (Å²) >= 11 is 1.61. The van der Waals surface area contributed by atoms with E-state index in [1.165, 1.54) is 18.5 Å². The molecule has 1 amide bonds. The van der Waals surface area contributed by atoms with Crippen LogP contribution >= 0.6 is 11.9 Å². The second-order valence-electron chi connectivity index (χ2n) is 5.92. The van der Waals surface area contributed by atoms with Gasteiger partial charge in [-0.25, -0.2) is 14.4 Å². The average molecular weight is 349 g/mol. The minimum absolute atomic E-state index is 0.146. The fourth-order valence-corrected chi connectivity index (χ4v) is 3.53. The van der Waals surface area contributed by atoms with Crippen LogP contribution in [0.4, 0.5) is 10.2 Å². The summed E-state index contributed by atoms with van der Waals surface area (Å²) in [6.07, 6.45) is 5.68. The van der Waals surface area contributed by atoms with Gasteiger partial charge in [-0.1, -0.05) is 11.9 Å². The molecule has 128 valence electrons. The highest BCUT2D eigenvalue weighted by molar-refractivity contribution is 7.96. The second kappa shape index (κ2) is 7.31. The quantitative estimate of drug-likeness (QED) is 0.803. The highest BCUT2D eigenvalue weighted by atomic mass is 32.2. The van der Waals surface area contributed by atoms with Crippen LogP contribution in [0.3, 0.4) is 0 Å². The average Bonchev–Trinajstić information content (AvgIpc) is 2.59. The number of halogens is 1. The van der Waals surface area contributed by atoms with Crippen molar-refractivity contribution >= 4 is 34.6 Å². The molecule has 1 atom stereocenters. The van der Waals surface area contributed by atoms with Crippen molar-refractivity contribution in [2.24, 2.45) is 11.7 Å². The first kappa shape index (κ1) is 16.9. The molecule has 1 aromatic heterocycles. The van der Waals surface area contributed by atoms with Crippen LogP contribution < -0.4 is 15.4 Å². The van der Waals surface area contributed by atoms with Crippen molar-refractivity contribution in [3.05, 3.63) is 29.8 Å². The maximum absolute atomic E-state index is 14.2. The van der Waals surface area contributed by atoms with Gasteiger partial charge in [-0.2, -0.15) is 0 Å². The Balaban J connectivity index is 1.94. The summed E-state index contributed by atoms with van der Waals surface area (Å²) in [5, 5.41) is 0.610. The molecular weight excluding hydrogens is 329 g/mol. The largest absolute Gasteiger partial charge is 0.366 e. The maximum atomic E-state index is 14.2. The lowest BCUT2D eigenvalue weighted by molar-refractivity contribution is 0.0996. The standard InChI is InChI=1S/C16H20FN5OS/c1-24-21-7-10-3-2-4-22(8-10)16-12-5-13(17)11(15(18)23)6-14(12)19-9-20-16/h5-6,9-10,21H,2-4,7-8H2,1H3,(H2,18,23). The highest BCUT2D eigenvalue weighted by Gasteiger charge is 2.23. The second-order valence-corrected chi connectivity index (χ2v) is 6.61. The molecule has 8 heteroatoms. The van der Waals surface area contributed by atoms with E-state index in [-0.39, 0.29) is 5.56 Å². The van der Waals surface area contributed by atoms with Gasteiger partial charge >= 0.3 is 0 Å². The number of hydrogen-bond donors (Lipinski definition) is 2. The van der Waals surface area contributed by atoms with Gasteiger partial charge in [0.15, 0.2) is 0 Å². The fourth-order valence-electron chi connectivity index (χ4n) is 3.13. The van der Waals surface area contributed by atoms with Crippen LogP contribution in [-0.2, 0) is 0 Å². The van der Waals surface area contributed by atoms with Gasteiger partial charge in [0.2, 0.25) is 0 Å². The molecule has 0 bridgehead atoms. The molecule has 0 radical (unpaired) electrons. The lowest BCUT2D eigenvalue weighted by Crippen LogP contribution is -2.39. The Morgan fingerprint density at radius 3 is 3.08 bits per heavy atom. The Morgan fingerprint density at radius 1 is 1.50 bits per heavy atom. The molecule has 3 N–H and O–H groups in total. The molecule has 1 fully saturated rings. The van der Waals surface area contributed by atoms with E-state index in [2.05, 4.69) is 19.6 Å². The number of primary amides is 1. The van der Waals surface area contributed by atoms with Gasteiger partial charge in [-0.3, -0.25) is 9.52 Å². The zero-order chi connectivity index (χ0) is 17.1. The Morgan fingerprint density at radius 2 is 2.33 bits per heavy atom. The first-order valence-corrected chi connectivity index (χ1v) is 9.07. The van der Waals surface area contributed by atoms with Crippen LogP contribution in [0.2, 0.25) is 0 Å². The number of nitrogens with two attached hydrogens (primary N) is 1. The van der Waals surface area contributed by atoms with E-state index in [0.29, 0.717) is 22.6 Å². The third kappa shape index (κ3) is 3.44. The summed E-state index contributed by atoms with van der Waals surface area (Å²) in [7, 11) is 0. The minimum atomic E-state index is -0.796. The topological polar surface area (TPSA) is 84.1 Å². The van der Waals surface area contributed by atoms with Crippen LogP contribution in [0.15, 0.2) is 18.5 Å². The van der Waals surface area contributed by atoms with E-state index < -0.39 is 11.7 Å². The number of nitrogens with one attached hydrogen (secondary N) is 1. The van der Waals surface area contributed by atoms with E-state index in [9.17, 15) is 9.18 Å². The molecule has 1 aliphatic rings. The van der Waals surface area contributed by atoms with Gasteiger partial charge in [0.25, 0.3) is 5.91 Å². The molecule has 3 rings (SSSR count). The smallest absolute Gasteiger partial charge is 0.251 e. The number of carbonyl (C=O) groups excluding carboxylic acids is 1. The number of aromatic nitrogens is 2. The molecule has 6 nitrogen and oxygen atoms in total. The highest BCUT2D eigenvalue weighted by Crippen LogP contribution is 2.29. The van der Waals surface area contributed by atoms with Crippen molar-refractivity contribution in [1.82, 2.24) is 14.7 Å². The Hall–Kier alpha value is -1.93. The third-order valence-electron chi connectivity index (χ3n) is 4.30. The molecular formula is C16H20FN5OS. The van der Waals surface area contributed by atoms with E-state index in [0.717, 1.165) is 32.5 Å². The summed E-state index contributed by atoms with van der Waals surface area (Å²) in [5.41, 5.74) is 5.59. The summed E-state index contributed by atoms with van der Waals surface area (Å²) in [4.78, 5) is 22.0. The van der Waals surface area contributed by atoms with Crippen molar-refractivity contribution in [2.75, 3.05) is 30.8 Å². The molecule has 24 heavy (non-hydrogen) atoms. The molecule has 2 heterocycles. The molecule has 0 spiro atoms. The van der Waals surface area contributed by atoms with Crippen LogP contribution in [0.1, 0.15) is 23.2 Å². The number of benzene rings is 1. The minimum Gasteiger partial charge on any atom is -0.366 e. The summed E-state index contributed by atoms with van der Waals surface area (Å²) in [5.74, 6) is -0.200. The fraction of sp³-hybridized carbons (Fsp3) is 0.438. The number of anilines is 1. The molecule has 1 aromatic carbocycles. The van der Waals surface area contributed by atoms with Crippen molar-refractivity contribution in [3.8, 4) is 0 Å². The lowest BCUT2D eigenvalue weighted by Gasteiger charge is -2.34. The summed E-state index contributed by atoms with van der Waals surface area (Å²) in [6, 6.07) is 2.71. The normalized spacial score (nSPS) is 18.1. The SMILES string of the molecule is CSNCC1CCCN(c2ncnc3cc(C(N)=O)c(F)cc23)C1. The van der Waals surface area contributed by atoms with Gasteiger partial charge < -0.3 is 10.6 Å². The molecule has 1 saturated heterocycles. The van der Waals surface area contributed by atoms with Gasteiger partial charge in [-0.05, 0) is 37.1 Å². The first-order valence-electron chi connectivity index (χ1n) is 7.85. The number of hydrogen-bond acceptors (Lipinski definition) is 6. The van der Waals surface area contributed by atoms with Crippen molar-refractivity contribution in [1.29, 1.82) is 0 Å². The Labute approximate surface area is 144 Å². The van der Waals surface area contributed by atoms with Crippen LogP contribution in [0.5, 0.6) is 0 Å². The van der Waals surface area contributed by atoms with Crippen molar-refractivity contribution < 1.29 is 9.18 Å². The van der Waals surface area contributed by atoms with Gasteiger partial charge in [-0.15, -0.1) is 0 Å². The van der Waals surface area contributed by atoms with Crippen LogP contribution in [-0.4, -0.2) is 41.8 Å². The molecule has 0 saturated carbocycles. The summed E-state index contributed by atoms with van der Waals surface area (Å²) in [6.45, 7) is 2.67. The number of fused-ring (bicyclic) bond motifs is 1. The van der Waals surface area contributed by atoms with E-state index in [4.69, 9.17) is 5.73 Å². The Kier molecular flexibility index (Phi) is 5.15. The lowest BCUT2D eigenvalue weighted by atomic mass is 9.98. The van der Waals surface area contributed by atoms with Gasteiger partial charge in [0.1, 0.15) is 18.0 Å². The molecule has 1 unspecified atom stereocenters. The zero-order valence-corrected chi connectivity index (χ0v) is 14.3. The predicted molar refractivity (Wildman–Crippen MR) is 94.5 cm³/mol. The van der Waals surface area contributed by atoms with E-state index in [1.807, 2.05) is 6.26 Å². The number of amides is 1. The number of nitrogens with zero attached hydrogens (tertiary/aromatic N) is 3. The molecule has 2 aromatic rings. The predicted octanol–water partition coefficient (Wildman–Crippen LogP) is 1.95. The van der Waals surface area contributed by atoms with Crippen LogP contribution in [0.25, 0.3) is 10.9 Å².